The summed E-state index contributed by atoms with van der Waals surface area (Å²) in [5.41, 5.74) is 7.91. The number of anilines is 2. The molecule has 262 valence electrons. The smallest absolute Gasteiger partial charge is 0.216 e. The fourth-order valence-corrected chi connectivity index (χ4v) is 7.48. The quantitative estimate of drug-likeness (QED) is 0.252. The van der Waals surface area contributed by atoms with Crippen molar-refractivity contribution in [3.8, 4) is 0 Å². The van der Waals surface area contributed by atoms with Crippen molar-refractivity contribution in [3.05, 3.63) is 69.4 Å². The van der Waals surface area contributed by atoms with Gasteiger partial charge in [-0.1, -0.05) is 0 Å². The molecule has 0 unspecified atom stereocenters. The number of hydrogen-bond acceptors (Lipinski definition) is 12. The van der Waals surface area contributed by atoms with Crippen LogP contribution in [0.1, 0.15) is 48.6 Å². The molecule has 0 bridgehead atoms. The van der Waals surface area contributed by atoms with Crippen molar-refractivity contribution in [2.24, 2.45) is 0 Å². The molecule has 48 heavy (non-hydrogen) atoms. The zero-order chi connectivity index (χ0) is 36.6. The summed E-state index contributed by atoms with van der Waals surface area (Å²) in [7, 11) is 2.91. The highest BCUT2D eigenvalue weighted by atomic mass is 35.7. The first-order valence-corrected chi connectivity index (χ1v) is 18.5. The molecule has 2 aromatic heterocycles. The Balaban J connectivity index is 0.000000548. The van der Waals surface area contributed by atoms with Crippen LogP contribution in [-0.2, 0) is 10.8 Å². The number of fused-ring (bicyclic) bond motifs is 2. The summed E-state index contributed by atoms with van der Waals surface area (Å²) in [6.45, 7) is 9.43. The van der Waals surface area contributed by atoms with Crippen LogP contribution in [0.5, 0.6) is 0 Å². The van der Waals surface area contributed by atoms with Crippen molar-refractivity contribution in [3.63, 3.8) is 0 Å². The average Bonchev–Trinajstić information content (AvgIpc) is 3.66. The van der Waals surface area contributed by atoms with Crippen LogP contribution in [-0.4, -0.2) is 62.9 Å². The third-order valence-corrected chi connectivity index (χ3v) is 10.5. The van der Waals surface area contributed by atoms with E-state index >= 15 is 0 Å². The number of allylic oxidation sites excluding steroid dienone is 2. The number of thiophene rings is 2. The summed E-state index contributed by atoms with van der Waals surface area (Å²) in [5.74, 6) is 0. The van der Waals surface area contributed by atoms with E-state index in [1.165, 1.54) is 53.7 Å². The van der Waals surface area contributed by atoms with Crippen LogP contribution in [0.15, 0.2) is 48.6 Å². The Labute approximate surface area is 293 Å². The molecule has 0 saturated carbocycles. The lowest BCUT2D eigenvalue weighted by atomic mass is 9.76. The molecular formula is C32H40Cl2N4O8S2. The predicted molar refractivity (Wildman–Crippen MR) is 170 cm³/mol. The van der Waals surface area contributed by atoms with Crippen LogP contribution >= 0.6 is 22.7 Å². The normalized spacial score (nSPS) is 16.5. The monoisotopic (exact) mass is 742 g/mol. The minimum atomic E-state index is -4.94. The zero-order valence-electron chi connectivity index (χ0n) is 28.4. The molecule has 0 aliphatic carbocycles. The van der Waals surface area contributed by atoms with Crippen molar-refractivity contribution >= 4 is 67.6 Å². The Hall–Kier alpha value is -2.70. The van der Waals surface area contributed by atoms with Crippen molar-refractivity contribution in [1.82, 2.24) is 0 Å². The fourth-order valence-electron chi connectivity index (χ4n) is 5.81. The van der Waals surface area contributed by atoms with Crippen LogP contribution in [0.3, 0.4) is 0 Å². The highest BCUT2D eigenvalue weighted by Crippen LogP contribution is 2.48. The molecule has 0 fully saturated rings. The molecule has 0 spiro atoms. The summed E-state index contributed by atoms with van der Waals surface area (Å²) in [6.07, 6.45) is 9.16. The maximum Gasteiger partial charge on any atom is 0.216 e. The van der Waals surface area contributed by atoms with Gasteiger partial charge in [0.25, 0.3) is 0 Å². The van der Waals surface area contributed by atoms with Crippen LogP contribution in [0, 0.1) is 20.5 Å². The lowest BCUT2D eigenvalue weighted by molar-refractivity contribution is -2.00. The van der Waals surface area contributed by atoms with E-state index in [9.17, 15) is 0 Å². The van der Waals surface area contributed by atoms with E-state index in [-0.39, 0.29) is 10.8 Å². The predicted octanol–water partition coefficient (Wildman–Crippen LogP) is -2.13. The number of benzene rings is 1. The largest absolute Gasteiger partial charge is 0.370 e. The van der Waals surface area contributed by atoms with Crippen molar-refractivity contribution in [1.29, 1.82) is 0 Å². The molecule has 4 heterocycles. The second-order valence-corrected chi connectivity index (χ2v) is 16.3. The molecule has 2 aliphatic rings. The van der Waals surface area contributed by atoms with E-state index in [1.807, 2.05) is 22.7 Å². The van der Waals surface area contributed by atoms with Gasteiger partial charge < -0.3 is 9.80 Å². The maximum absolute atomic E-state index is 8.49. The SMILES string of the molecule is CN(C)c1ccc(/C=C/C2=[N+](C)c3cc4c(cc3C2(C)C)C(C)(C)C(/C=C/c2ccc(N(C)C)s2)=[N+]4C)s1.[O-][Cl+3]([O-])([O-])[O-].[O-][Cl+3]([O-])([O-])[O-]. The average molecular weight is 744 g/mol. The summed E-state index contributed by atoms with van der Waals surface area (Å²) >= 11 is 3.65. The minimum Gasteiger partial charge on any atom is -0.370 e. The van der Waals surface area contributed by atoms with Gasteiger partial charge >= 0.3 is 0 Å². The van der Waals surface area contributed by atoms with Crippen LogP contribution < -0.4 is 47.1 Å². The third-order valence-electron chi connectivity index (χ3n) is 8.10. The van der Waals surface area contributed by atoms with E-state index in [1.54, 1.807) is 0 Å². The first-order valence-electron chi connectivity index (χ1n) is 14.4. The molecule has 16 heteroatoms. The van der Waals surface area contributed by atoms with Gasteiger partial charge in [-0.3, -0.25) is 0 Å². The molecule has 0 amide bonds. The van der Waals surface area contributed by atoms with E-state index < -0.39 is 20.5 Å². The van der Waals surface area contributed by atoms with E-state index in [2.05, 4.69) is 150 Å². The van der Waals surface area contributed by atoms with Crippen molar-refractivity contribution in [2.45, 2.75) is 38.5 Å². The molecule has 2 aliphatic heterocycles. The molecule has 0 N–H and O–H groups in total. The van der Waals surface area contributed by atoms with Gasteiger partial charge in [-0.25, -0.2) is 37.3 Å². The number of hydrogen-bond donors (Lipinski definition) is 0. The van der Waals surface area contributed by atoms with Crippen LogP contribution in [0.4, 0.5) is 21.4 Å². The van der Waals surface area contributed by atoms with Crippen molar-refractivity contribution in [2.75, 3.05) is 52.1 Å². The van der Waals surface area contributed by atoms with Crippen LogP contribution in [0.25, 0.3) is 12.2 Å². The third kappa shape index (κ3) is 9.72. The summed E-state index contributed by atoms with van der Waals surface area (Å²) < 4.78 is 72.7. The van der Waals surface area contributed by atoms with E-state index in [0.29, 0.717) is 0 Å². The van der Waals surface area contributed by atoms with Gasteiger partial charge in [0.15, 0.2) is 11.4 Å². The van der Waals surface area contributed by atoms with Gasteiger partial charge in [0.05, 0.1) is 26.9 Å². The Morgan fingerprint density at radius 2 is 0.875 bits per heavy atom. The van der Waals surface area contributed by atoms with Crippen LogP contribution in [0.2, 0.25) is 0 Å². The molecule has 3 aromatic rings. The second kappa shape index (κ2) is 14.6. The summed E-state index contributed by atoms with van der Waals surface area (Å²) in [5, 5.41) is 2.55. The molecule has 5 rings (SSSR count). The topological polar surface area (TPSA) is 197 Å². The standard InChI is InChI=1S/C32H40N4S2.2ClHO4/c1-31(2)23-19-24-26(20-25(23)35(9)27(31)15-11-21-13-17-29(37-21)33(5)6)36(10)28(32(24,3)4)16-12-22-14-18-30(38-22)34(7)8;2*2-1(3,4)5/h11-20H,1-10H3;2*(H,2,3,4,5)/q+2;;/p-2. The second-order valence-electron chi connectivity index (χ2n) is 12.6. The summed E-state index contributed by atoms with van der Waals surface area (Å²) in [4.78, 5) is 6.88. The molecule has 1 aromatic carbocycles. The molecule has 12 nitrogen and oxygen atoms in total. The Kier molecular flexibility index (Phi) is 12.1. The van der Waals surface area contributed by atoms with Gasteiger partial charge in [0.2, 0.25) is 11.4 Å². The number of halogens is 2. The number of nitrogens with zero attached hydrogens (tertiary/aromatic N) is 4. The van der Waals surface area contributed by atoms with E-state index in [4.69, 9.17) is 37.3 Å². The number of rotatable bonds is 6. The van der Waals surface area contributed by atoms with Gasteiger partial charge in [-0.15, -0.1) is 43.2 Å². The Bertz CT molecular complexity index is 1630. The molecule has 0 radical (unpaired) electrons. The molecular weight excluding hydrogens is 703 g/mol. The fraction of sp³-hybridized carbons (Fsp3) is 0.375. The first kappa shape index (κ1) is 39.7. The summed E-state index contributed by atoms with van der Waals surface area (Å²) in [6, 6.07) is 13.7. The minimum absolute atomic E-state index is 0.0793. The lowest BCUT2D eigenvalue weighted by Crippen LogP contribution is -2.68. The molecule has 0 saturated heterocycles. The highest BCUT2D eigenvalue weighted by molar-refractivity contribution is 7.17. The Morgan fingerprint density at radius 3 is 1.15 bits per heavy atom. The van der Waals surface area contributed by atoms with E-state index in [0.717, 1.165) is 0 Å². The van der Waals surface area contributed by atoms with Crippen molar-refractivity contribution < 1.29 is 66.9 Å². The van der Waals surface area contributed by atoms with Gasteiger partial charge in [-0.2, -0.15) is 9.15 Å². The molecule has 0 atom stereocenters. The first-order chi connectivity index (χ1) is 21.8. The highest BCUT2D eigenvalue weighted by Gasteiger charge is 2.49. The maximum atomic E-state index is 8.49. The Morgan fingerprint density at radius 1 is 0.562 bits per heavy atom. The lowest BCUT2D eigenvalue weighted by Gasteiger charge is -2.19. The zero-order valence-corrected chi connectivity index (χ0v) is 31.5. The van der Waals surface area contributed by atoms with Gasteiger partial charge in [0.1, 0.15) is 14.1 Å². The van der Waals surface area contributed by atoms with Gasteiger partial charge in [-0.05, 0) is 70.2 Å². The van der Waals surface area contributed by atoms with Gasteiger partial charge in [0, 0.05) is 61.2 Å².